The van der Waals surface area contributed by atoms with Crippen molar-refractivity contribution in [2.75, 3.05) is 19.1 Å². The van der Waals surface area contributed by atoms with E-state index >= 15 is 0 Å². The van der Waals surface area contributed by atoms with Gasteiger partial charge in [0.25, 0.3) is 0 Å². The highest BCUT2D eigenvalue weighted by Crippen LogP contribution is 2.19. The zero-order valence-corrected chi connectivity index (χ0v) is 10.8. The van der Waals surface area contributed by atoms with E-state index in [0.717, 1.165) is 6.42 Å². The summed E-state index contributed by atoms with van der Waals surface area (Å²) in [6.45, 7) is 2.22. The molecule has 0 spiro atoms. The van der Waals surface area contributed by atoms with Crippen molar-refractivity contribution in [3.05, 3.63) is 21.9 Å². The Bertz CT molecular complexity index is 258. The molecule has 0 aromatic carbocycles. The number of thiophene rings is 1. The number of hydrogen-bond donors (Lipinski definition) is 1. The fourth-order valence-corrected chi connectivity index (χ4v) is 3.14. The van der Waals surface area contributed by atoms with Crippen molar-refractivity contribution in [1.82, 2.24) is 5.32 Å². The molecule has 0 fully saturated rings. The molecule has 1 N–H and O–H groups in total. The van der Waals surface area contributed by atoms with Gasteiger partial charge >= 0.3 is 0 Å². The first-order valence-corrected chi connectivity index (χ1v) is 7.25. The van der Waals surface area contributed by atoms with Crippen molar-refractivity contribution >= 4 is 23.1 Å². The SMILES string of the molecule is CCc1ccc(CC(CSC)NC)s1. The van der Waals surface area contributed by atoms with Crippen molar-refractivity contribution in [3.8, 4) is 0 Å². The Morgan fingerprint density at radius 1 is 1.43 bits per heavy atom. The van der Waals surface area contributed by atoms with E-state index in [2.05, 4.69) is 37.7 Å². The van der Waals surface area contributed by atoms with Gasteiger partial charge in [0.1, 0.15) is 0 Å². The average Bonchev–Trinajstić information content (AvgIpc) is 2.65. The zero-order chi connectivity index (χ0) is 10.4. The summed E-state index contributed by atoms with van der Waals surface area (Å²) in [6, 6.07) is 5.15. The Kier molecular flexibility index (Phi) is 5.60. The maximum atomic E-state index is 3.36. The van der Waals surface area contributed by atoms with Crippen LogP contribution >= 0.6 is 23.1 Å². The van der Waals surface area contributed by atoms with E-state index in [1.165, 1.54) is 21.9 Å². The largest absolute Gasteiger partial charge is 0.316 e. The molecule has 1 heterocycles. The fraction of sp³-hybridized carbons (Fsp3) is 0.636. The first-order chi connectivity index (χ1) is 6.80. The van der Waals surface area contributed by atoms with Gasteiger partial charge in [0.2, 0.25) is 0 Å². The van der Waals surface area contributed by atoms with E-state index in [9.17, 15) is 0 Å². The molecule has 1 unspecified atom stereocenters. The van der Waals surface area contributed by atoms with E-state index in [1.807, 2.05) is 23.1 Å². The molecule has 1 aromatic heterocycles. The van der Waals surface area contributed by atoms with Crippen LogP contribution in [0.1, 0.15) is 16.7 Å². The molecule has 80 valence electrons. The van der Waals surface area contributed by atoms with Crippen LogP contribution in [0.3, 0.4) is 0 Å². The predicted octanol–water partition coefficient (Wildman–Crippen LogP) is 2.80. The van der Waals surface area contributed by atoms with Crippen LogP contribution in [0.15, 0.2) is 12.1 Å². The zero-order valence-electron chi connectivity index (χ0n) is 9.17. The molecule has 1 nitrogen and oxygen atoms in total. The van der Waals surface area contributed by atoms with Gasteiger partial charge in [-0.2, -0.15) is 11.8 Å². The molecule has 3 heteroatoms. The van der Waals surface area contributed by atoms with E-state index in [-0.39, 0.29) is 0 Å². The number of hydrogen-bond acceptors (Lipinski definition) is 3. The molecule has 0 aliphatic carbocycles. The molecule has 1 rings (SSSR count). The summed E-state index contributed by atoms with van der Waals surface area (Å²) in [5, 5.41) is 3.36. The Labute approximate surface area is 95.3 Å². The van der Waals surface area contributed by atoms with Crippen molar-refractivity contribution < 1.29 is 0 Å². The Hall–Kier alpha value is 0.01000. The van der Waals surface area contributed by atoms with E-state index in [1.54, 1.807) is 0 Å². The molecule has 0 aliphatic rings. The first-order valence-electron chi connectivity index (χ1n) is 5.04. The minimum absolute atomic E-state index is 0.619. The van der Waals surface area contributed by atoms with Gasteiger partial charge in [0, 0.05) is 21.5 Å². The number of nitrogens with one attached hydrogen (secondary N) is 1. The van der Waals surface area contributed by atoms with Crippen LogP contribution in [0.2, 0.25) is 0 Å². The molecule has 0 aliphatic heterocycles. The maximum absolute atomic E-state index is 3.36. The third-order valence-corrected chi connectivity index (χ3v) is 4.28. The van der Waals surface area contributed by atoms with Gasteiger partial charge in [-0.25, -0.2) is 0 Å². The highest BCUT2D eigenvalue weighted by Gasteiger charge is 2.07. The number of thioether (sulfide) groups is 1. The lowest BCUT2D eigenvalue weighted by Crippen LogP contribution is -2.29. The normalized spacial score (nSPS) is 13.1. The van der Waals surface area contributed by atoms with Gasteiger partial charge in [-0.15, -0.1) is 11.3 Å². The predicted molar refractivity (Wildman–Crippen MR) is 68.6 cm³/mol. The van der Waals surface area contributed by atoms with Crippen LogP contribution in [-0.4, -0.2) is 25.1 Å². The quantitative estimate of drug-likeness (QED) is 0.805. The van der Waals surface area contributed by atoms with Gasteiger partial charge in [-0.05, 0) is 38.3 Å². The summed E-state index contributed by atoms with van der Waals surface area (Å²) in [7, 11) is 2.05. The van der Waals surface area contributed by atoms with Crippen molar-refractivity contribution in [3.63, 3.8) is 0 Å². The fourth-order valence-electron chi connectivity index (χ4n) is 1.41. The van der Waals surface area contributed by atoms with E-state index in [4.69, 9.17) is 0 Å². The van der Waals surface area contributed by atoms with Gasteiger partial charge in [0.15, 0.2) is 0 Å². The number of aryl methyl sites for hydroxylation is 1. The lowest BCUT2D eigenvalue weighted by molar-refractivity contribution is 0.622. The molecule has 0 amide bonds. The van der Waals surface area contributed by atoms with Gasteiger partial charge in [-0.3, -0.25) is 0 Å². The van der Waals surface area contributed by atoms with E-state index < -0.39 is 0 Å². The second-order valence-electron chi connectivity index (χ2n) is 3.37. The second-order valence-corrected chi connectivity index (χ2v) is 5.53. The summed E-state index contributed by atoms with van der Waals surface area (Å²) in [4.78, 5) is 3.01. The lowest BCUT2D eigenvalue weighted by atomic mass is 10.2. The van der Waals surface area contributed by atoms with Crippen LogP contribution in [0.25, 0.3) is 0 Å². The number of likely N-dealkylation sites (N-methyl/N-ethyl adjacent to an activating group) is 1. The minimum atomic E-state index is 0.619. The third kappa shape index (κ3) is 3.64. The van der Waals surface area contributed by atoms with Gasteiger partial charge in [0.05, 0.1) is 0 Å². The van der Waals surface area contributed by atoms with Crippen molar-refractivity contribution in [1.29, 1.82) is 0 Å². The van der Waals surface area contributed by atoms with Crippen LogP contribution in [0, 0.1) is 0 Å². The summed E-state index contributed by atoms with van der Waals surface area (Å²) in [5.74, 6) is 1.19. The molecule has 14 heavy (non-hydrogen) atoms. The molecule has 1 atom stereocenters. The van der Waals surface area contributed by atoms with Crippen LogP contribution < -0.4 is 5.32 Å². The standard InChI is InChI=1S/C11H19NS2/c1-4-10-5-6-11(14-10)7-9(12-2)8-13-3/h5-6,9,12H,4,7-8H2,1-3H3. The summed E-state index contributed by atoms with van der Waals surface area (Å²) < 4.78 is 0. The Balaban J connectivity index is 2.48. The van der Waals surface area contributed by atoms with Gasteiger partial charge < -0.3 is 5.32 Å². The minimum Gasteiger partial charge on any atom is -0.316 e. The molecule has 1 aromatic rings. The molecule has 0 saturated heterocycles. The second kappa shape index (κ2) is 6.49. The number of rotatable bonds is 6. The Morgan fingerprint density at radius 3 is 2.64 bits per heavy atom. The molecule has 0 saturated carbocycles. The summed E-state index contributed by atoms with van der Waals surface area (Å²) in [6.07, 6.45) is 4.50. The molecular weight excluding hydrogens is 210 g/mol. The van der Waals surface area contributed by atoms with Crippen LogP contribution in [0.5, 0.6) is 0 Å². The topological polar surface area (TPSA) is 12.0 Å². The van der Waals surface area contributed by atoms with Crippen molar-refractivity contribution in [2.24, 2.45) is 0 Å². The average molecular weight is 229 g/mol. The molecule has 0 radical (unpaired) electrons. The highest BCUT2D eigenvalue weighted by atomic mass is 32.2. The molecular formula is C11H19NS2. The maximum Gasteiger partial charge on any atom is 0.0203 e. The van der Waals surface area contributed by atoms with Crippen molar-refractivity contribution in [2.45, 2.75) is 25.8 Å². The summed E-state index contributed by atoms with van der Waals surface area (Å²) >= 11 is 3.86. The van der Waals surface area contributed by atoms with Crippen LogP contribution in [-0.2, 0) is 12.8 Å². The van der Waals surface area contributed by atoms with Gasteiger partial charge in [-0.1, -0.05) is 6.92 Å². The lowest BCUT2D eigenvalue weighted by Gasteiger charge is -2.13. The monoisotopic (exact) mass is 229 g/mol. The first kappa shape index (κ1) is 12.1. The molecule has 0 bridgehead atoms. The Morgan fingerprint density at radius 2 is 2.14 bits per heavy atom. The third-order valence-electron chi connectivity index (χ3n) is 2.29. The van der Waals surface area contributed by atoms with Crippen LogP contribution in [0.4, 0.5) is 0 Å². The van der Waals surface area contributed by atoms with E-state index in [0.29, 0.717) is 6.04 Å². The smallest absolute Gasteiger partial charge is 0.0203 e. The summed E-state index contributed by atoms with van der Waals surface area (Å²) in [5.41, 5.74) is 0. The highest BCUT2D eigenvalue weighted by molar-refractivity contribution is 7.98.